The van der Waals surface area contributed by atoms with E-state index in [9.17, 15) is 9.59 Å². The summed E-state index contributed by atoms with van der Waals surface area (Å²) >= 11 is 4.94. The van der Waals surface area contributed by atoms with E-state index in [1.54, 1.807) is 13.0 Å². The summed E-state index contributed by atoms with van der Waals surface area (Å²) in [7, 11) is 0. The number of furan rings is 1. The summed E-state index contributed by atoms with van der Waals surface area (Å²) in [4.78, 5) is 23.6. The first-order valence-corrected chi connectivity index (χ1v) is 7.56. The van der Waals surface area contributed by atoms with Crippen LogP contribution in [0.1, 0.15) is 27.2 Å². The molecule has 1 heterocycles. The highest BCUT2D eigenvalue weighted by Gasteiger charge is 2.11. The van der Waals surface area contributed by atoms with Gasteiger partial charge in [0.25, 0.3) is 5.91 Å². The van der Waals surface area contributed by atoms with Gasteiger partial charge in [0, 0.05) is 6.08 Å². The lowest BCUT2D eigenvalue weighted by molar-refractivity contribution is -0.115. The van der Waals surface area contributed by atoms with E-state index in [2.05, 4.69) is 16.2 Å². The van der Waals surface area contributed by atoms with Crippen LogP contribution in [0.15, 0.2) is 47.1 Å². The average molecular weight is 343 g/mol. The van der Waals surface area contributed by atoms with Crippen LogP contribution in [0.25, 0.3) is 6.08 Å². The first kappa shape index (κ1) is 17.4. The van der Waals surface area contributed by atoms with Crippen molar-refractivity contribution in [2.75, 3.05) is 0 Å². The molecule has 0 spiro atoms. The molecule has 0 aliphatic carbocycles. The maximum atomic E-state index is 11.8. The van der Waals surface area contributed by atoms with E-state index >= 15 is 0 Å². The first-order valence-electron chi connectivity index (χ1n) is 7.16. The fourth-order valence-corrected chi connectivity index (χ4v) is 1.99. The van der Waals surface area contributed by atoms with Gasteiger partial charge < -0.3 is 4.42 Å². The number of thiocarbonyl (C=S) groups is 1. The number of aryl methyl sites for hydroxylation is 2. The number of benzene rings is 1. The summed E-state index contributed by atoms with van der Waals surface area (Å²) in [5.74, 6) is -0.319. The minimum absolute atomic E-state index is 0.0111. The van der Waals surface area contributed by atoms with Crippen molar-refractivity contribution in [3.05, 3.63) is 65.1 Å². The third-order valence-electron chi connectivity index (χ3n) is 3.13. The second-order valence-corrected chi connectivity index (χ2v) is 5.44. The second kappa shape index (κ2) is 8.07. The Kier molecular flexibility index (Phi) is 5.86. The SMILES string of the molecule is Cc1ccc(C=CC(=O)NC(=S)NNC(=O)c2ccoc2C)cc1. The maximum Gasteiger partial charge on any atom is 0.273 e. The predicted octanol–water partition coefficient (Wildman–Crippen LogP) is 2.25. The Morgan fingerprint density at radius 1 is 1.08 bits per heavy atom. The van der Waals surface area contributed by atoms with Crippen molar-refractivity contribution in [2.24, 2.45) is 0 Å². The molecule has 2 rings (SSSR count). The quantitative estimate of drug-likeness (QED) is 0.452. The largest absolute Gasteiger partial charge is 0.469 e. The van der Waals surface area contributed by atoms with Gasteiger partial charge in [-0.2, -0.15) is 0 Å². The fraction of sp³-hybridized carbons (Fsp3) is 0.118. The highest BCUT2D eigenvalue weighted by molar-refractivity contribution is 7.80. The van der Waals surface area contributed by atoms with Crippen LogP contribution in [0.2, 0.25) is 0 Å². The molecule has 0 atom stereocenters. The molecule has 0 aliphatic rings. The predicted molar refractivity (Wildman–Crippen MR) is 95.0 cm³/mol. The van der Waals surface area contributed by atoms with Gasteiger partial charge in [0.1, 0.15) is 5.76 Å². The molecule has 0 fully saturated rings. The van der Waals surface area contributed by atoms with Crippen molar-refractivity contribution in [3.8, 4) is 0 Å². The van der Waals surface area contributed by atoms with Crippen LogP contribution in [-0.4, -0.2) is 16.9 Å². The molecule has 24 heavy (non-hydrogen) atoms. The summed E-state index contributed by atoms with van der Waals surface area (Å²) in [5.41, 5.74) is 7.27. The van der Waals surface area contributed by atoms with Crippen LogP contribution in [-0.2, 0) is 4.79 Å². The highest BCUT2D eigenvalue weighted by Crippen LogP contribution is 2.07. The molecule has 7 heteroatoms. The normalized spacial score (nSPS) is 10.4. The zero-order chi connectivity index (χ0) is 17.5. The molecule has 0 radical (unpaired) electrons. The van der Waals surface area contributed by atoms with Crippen LogP contribution in [0.5, 0.6) is 0 Å². The molecule has 2 amide bonds. The van der Waals surface area contributed by atoms with Crippen molar-refractivity contribution in [2.45, 2.75) is 13.8 Å². The zero-order valence-electron chi connectivity index (χ0n) is 13.3. The molecule has 0 aliphatic heterocycles. The lowest BCUT2D eigenvalue weighted by Crippen LogP contribution is -2.48. The van der Waals surface area contributed by atoms with E-state index in [-0.39, 0.29) is 5.11 Å². The van der Waals surface area contributed by atoms with Crippen LogP contribution < -0.4 is 16.2 Å². The van der Waals surface area contributed by atoms with Gasteiger partial charge in [-0.1, -0.05) is 29.8 Å². The zero-order valence-corrected chi connectivity index (χ0v) is 14.1. The van der Waals surface area contributed by atoms with Gasteiger partial charge in [0.05, 0.1) is 11.8 Å². The smallest absolute Gasteiger partial charge is 0.273 e. The number of nitrogens with one attached hydrogen (secondary N) is 3. The Morgan fingerprint density at radius 3 is 2.42 bits per heavy atom. The van der Waals surface area contributed by atoms with Crippen molar-refractivity contribution < 1.29 is 14.0 Å². The Balaban J connectivity index is 1.79. The molecular formula is C17H17N3O3S. The molecule has 0 saturated heterocycles. The number of carbonyl (C=O) groups excluding carboxylic acids is 2. The Morgan fingerprint density at radius 2 is 1.79 bits per heavy atom. The topological polar surface area (TPSA) is 83.4 Å². The summed E-state index contributed by atoms with van der Waals surface area (Å²) in [6.07, 6.45) is 4.45. The lowest BCUT2D eigenvalue weighted by atomic mass is 10.1. The van der Waals surface area contributed by atoms with E-state index in [0.29, 0.717) is 11.3 Å². The number of amides is 2. The monoisotopic (exact) mass is 343 g/mol. The first-order chi connectivity index (χ1) is 11.5. The van der Waals surface area contributed by atoms with Crippen molar-refractivity contribution in [1.82, 2.24) is 16.2 Å². The molecular weight excluding hydrogens is 326 g/mol. The molecule has 6 nitrogen and oxygen atoms in total. The number of hydrazine groups is 1. The van der Waals surface area contributed by atoms with Gasteiger partial charge in [-0.25, -0.2) is 0 Å². The molecule has 0 bridgehead atoms. The fourth-order valence-electron chi connectivity index (χ4n) is 1.84. The van der Waals surface area contributed by atoms with Gasteiger partial charge >= 0.3 is 0 Å². The Hall–Kier alpha value is -2.93. The summed E-state index contributed by atoms with van der Waals surface area (Å²) in [5, 5.41) is 2.42. The van der Waals surface area contributed by atoms with Gasteiger partial charge in [0.15, 0.2) is 5.11 Å². The number of carbonyl (C=O) groups is 2. The van der Waals surface area contributed by atoms with Gasteiger partial charge in [0.2, 0.25) is 5.91 Å². The highest BCUT2D eigenvalue weighted by atomic mass is 32.1. The van der Waals surface area contributed by atoms with Crippen molar-refractivity contribution in [3.63, 3.8) is 0 Å². The minimum Gasteiger partial charge on any atom is -0.469 e. The summed E-state index contributed by atoms with van der Waals surface area (Å²) < 4.78 is 5.04. The van der Waals surface area contributed by atoms with Crippen LogP contribution in [0, 0.1) is 13.8 Å². The maximum absolute atomic E-state index is 11.8. The molecule has 124 valence electrons. The van der Waals surface area contributed by atoms with E-state index in [0.717, 1.165) is 11.1 Å². The number of hydrogen-bond donors (Lipinski definition) is 3. The molecule has 0 saturated carbocycles. The van der Waals surface area contributed by atoms with Gasteiger partial charge in [-0.05, 0) is 43.8 Å². The second-order valence-electron chi connectivity index (χ2n) is 5.03. The average Bonchev–Trinajstić information content (AvgIpc) is 2.98. The summed E-state index contributed by atoms with van der Waals surface area (Å²) in [6, 6.07) is 9.26. The Labute approximate surface area is 144 Å². The van der Waals surface area contributed by atoms with E-state index < -0.39 is 11.8 Å². The van der Waals surface area contributed by atoms with E-state index in [1.807, 2.05) is 31.2 Å². The lowest BCUT2D eigenvalue weighted by Gasteiger charge is -2.09. The van der Waals surface area contributed by atoms with Gasteiger partial charge in [-0.3, -0.25) is 25.8 Å². The van der Waals surface area contributed by atoms with Gasteiger partial charge in [-0.15, -0.1) is 0 Å². The standard InChI is InChI=1S/C17H17N3O3S/c1-11-3-5-13(6-4-11)7-8-15(21)18-17(24)20-19-16(22)14-9-10-23-12(14)2/h3-10H,1-2H3,(H,19,22)(H2,18,20,21,24). The third kappa shape index (κ3) is 5.06. The molecule has 1 aromatic heterocycles. The molecule has 3 N–H and O–H groups in total. The van der Waals surface area contributed by atoms with Crippen LogP contribution in [0.4, 0.5) is 0 Å². The summed E-state index contributed by atoms with van der Waals surface area (Å²) in [6.45, 7) is 3.66. The Bertz CT molecular complexity index is 779. The van der Waals surface area contributed by atoms with E-state index in [4.69, 9.17) is 16.6 Å². The van der Waals surface area contributed by atoms with Crippen molar-refractivity contribution in [1.29, 1.82) is 0 Å². The number of hydrogen-bond acceptors (Lipinski definition) is 4. The van der Waals surface area contributed by atoms with Crippen LogP contribution in [0.3, 0.4) is 0 Å². The van der Waals surface area contributed by atoms with E-state index in [1.165, 1.54) is 18.4 Å². The third-order valence-corrected chi connectivity index (χ3v) is 3.34. The number of rotatable bonds is 3. The molecule has 1 aromatic carbocycles. The molecule has 2 aromatic rings. The van der Waals surface area contributed by atoms with Crippen molar-refractivity contribution >= 4 is 35.2 Å². The molecule has 0 unspecified atom stereocenters. The minimum atomic E-state index is -0.409. The van der Waals surface area contributed by atoms with Crippen LogP contribution >= 0.6 is 12.2 Å².